The summed E-state index contributed by atoms with van der Waals surface area (Å²) in [5, 5.41) is 3.43. The molecule has 0 aliphatic rings. The van der Waals surface area contributed by atoms with Crippen LogP contribution in [0.25, 0.3) is 0 Å². The normalized spacial score (nSPS) is 10.5. The van der Waals surface area contributed by atoms with Crippen LogP contribution < -0.4 is 11.1 Å². The molecular formula is C9H7BrN4O2S. The minimum absolute atomic E-state index is 0.379. The molecule has 0 aliphatic heterocycles. The van der Waals surface area contributed by atoms with E-state index >= 15 is 0 Å². The maximum atomic E-state index is 11.1. The Hall–Kier alpha value is -1.41. The number of halogens is 1. The number of rotatable bonds is 2. The highest BCUT2D eigenvalue weighted by Crippen LogP contribution is 2.22. The molecule has 2 rings (SSSR count). The minimum Gasteiger partial charge on any atom is -0.265 e. The first kappa shape index (κ1) is 12.1. The molecule has 0 fully saturated rings. The van der Waals surface area contributed by atoms with Crippen LogP contribution in [0.1, 0.15) is 0 Å². The van der Waals surface area contributed by atoms with Crippen molar-refractivity contribution in [3.63, 3.8) is 0 Å². The first-order valence-electron chi connectivity index (χ1n) is 4.53. The maximum Gasteiger partial charge on any atom is 0.339 e. The molecule has 0 amide bonds. The lowest BCUT2D eigenvalue weighted by molar-refractivity contribution is 0.596. The second-order valence-electron chi connectivity index (χ2n) is 3.12. The number of aromatic amines is 1. The molecule has 6 nitrogen and oxygen atoms in total. The number of H-pyrrole nitrogens is 1. The molecule has 2 aromatic heterocycles. The van der Waals surface area contributed by atoms with E-state index in [2.05, 4.69) is 31.0 Å². The molecule has 17 heavy (non-hydrogen) atoms. The Bertz CT molecular complexity index is 649. The fourth-order valence-electron chi connectivity index (χ4n) is 1.07. The summed E-state index contributed by atoms with van der Waals surface area (Å²) in [7, 11) is 1.61. The van der Waals surface area contributed by atoms with Crippen molar-refractivity contribution in [1.82, 2.24) is 19.7 Å². The maximum absolute atomic E-state index is 11.1. The van der Waals surface area contributed by atoms with Gasteiger partial charge in [0.1, 0.15) is 5.03 Å². The number of nitrogens with zero attached hydrogens (tertiary/aromatic N) is 3. The van der Waals surface area contributed by atoms with E-state index in [1.165, 1.54) is 16.4 Å². The summed E-state index contributed by atoms with van der Waals surface area (Å²) in [6.45, 7) is 0. The standard InChI is InChI=1S/C9H7BrN4O2S/c1-14-9(12-7(15)8(16)13-14)17-6-3-2-5(10)4-11-6/h2-4H,1H3,(H,13,16). The quantitative estimate of drug-likeness (QED) is 0.828. The van der Waals surface area contributed by atoms with Crippen molar-refractivity contribution in [3.05, 3.63) is 43.5 Å². The molecule has 0 spiro atoms. The van der Waals surface area contributed by atoms with Crippen molar-refractivity contribution >= 4 is 27.7 Å². The van der Waals surface area contributed by atoms with Crippen LogP contribution in [0, 0.1) is 0 Å². The van der Waals surface area contributed by atoms with E-state index in [9.17, 15) is 9.59 Å². The van der Waals surface area contributed by atoms with Crippen LogP contribution in [-0.4, -0.2) is 19.7 Å². The molecule has 0 bridgehead atoms. The van der Waals surface area contributed by atoms with Crippen LogP contribution in [0.4, 0.5) is 0 Å². The van der Waals surface area contributed by atoms with Crippen molar-refractivity contribution in [3.8, 4) is 0 Å². The summed E-state index contributed by atoms with van der Waals surface area (Å²) in [4.78, 5) is 29.9. The molecule has 0 saturated carbocycles. The largest absolute Gasteiger partial charge is 0.339 e. The van der Waals surface area contributed by atoms with E-state index in [-0.39, 0.29) is 0 Å². The molecule has 0 aliphatic carbocycles. The first-order chi connectivity index (χ1) is 8.06. The van der Waals surface area contributed by atoms with E-state index in [4.69, 9.17) is 0 Å². The summed E-state index contributed by atoms with van der Waals surface area (Å²) in [6, 6.07) is 3.62. The Kier molecular flexibility index (Phi) is 3.43. The van der Waals surface area contributed by atoms with E-state index in [0.29, 0.717) is 10.2 Å². The van der Waals surface area contributed by atoms with Crippen molar-refractivity contribution in [2.24, 2.45) is 7.05 Å². The highest BCUT2D eigenvalue weighted by atomic mass is 79.9. The molecule has 2 heterocycles. The zero-order valence-electron chi connectivity index (χ0n) is 8.68. The zero-order chi connectivity index (χ0) is 12.4. The summed E-state index contributed by atoms with van der Waals surface area (Å²) in [5.41, 5.74) is -1.54. The number of hydrogen-bond acceptors (Lipinski definition) is 5. The van der Waals surface area contributed by atoms with Crippen LogP contribution in [0.15, 0.2) is 42.6 Å². The lowest BCUT2D eigenvalue weighted by Crippen LogP contribution is -2.33. The van der Waals surface area contributed by atoms with Gasteiger partial charge in [-0.05, 0) is 39.8 Å². The molecule has 0 aromatic carbocycles. The third kappa shape index (κ3) is 2.83. The van der Waals surface area contributed by atoms with Crippen LogP contribution in [0.2, 0.25) is 0 Å². The van der Waals surface area contributed by atoms with E-state index in [0.717, 1.165) is 4.47 Å². The van der Waals surface area contributed by atoms with Gasteiger partial charge >= 0.3 is 11.1 Å². The molecule has 1 N–H and O–H groups in total. The zero-order valence-corrected chi connectivity index (χ0v) is 11.1. The van der Waals surface area contributed by atoms with Crippen molar-refractivity contribution in [2.45, 2.75) is 10.2 Å². The monoisotopic (exact) mass is 314 g/mol. The van der Waals surface area contributed by atoms with E-state index < -0.39 is 11.1 Å². The summed E-state index contributed by atoms with van der Waals surface area (Å²) >= 11 is 4.47. The molecule has 2 aromatic rings. The molecular weight excluding hydrogens is 308 g/mol. The van der Waals surface area contributed by atoms with Gasteiger partial charge in [0.25, 0.3) is 0 Å². The molecule has 88 valence electrons. The van der Waals surface area contributed by atoms with Gasteiger partial charge in [-0.3, -0.25) is 19.4 Å². The van der Waals surface area contributed by atoms with Gasteiger partial charge in [0.2, 0.25) is 0 Å². The van der Waals surface area contributed by atoms with Crippen LogP contribution in [0.3, 0.4) is 0 Å². The number of nitrogens with one attached hydrogen (secondary N) is 1. The van der Waals surface area contributed by atoms with Gasteiger partial charge in [0.15, 0.2) is 5.16 Å². The lowest BCUT2D eigenvalue weighted by Gasteiger charge is -2.04. The predicted molar refractivity (Wildman–Crippen MR) is 66.2 cm³/mol. The smallest absolute Gasteiger partial charge is 0.265 e. The van der Waals surface area contributed by atoms with Crippen LogP contribution in [-0.2, 0) is 7.05 Å². The Balaban J connectivity index is 2.36. The number of aromatic nitrogens is 4. The fourth-order valence-corrected chi connectivity index (χ4v) is 2.04. The third-order valence-corrected chi connectivity index (χ3v) is 3.31. The summed E-state index contributed by atoms with van der Waals surface area (Å²) in [6.07, 6.45) is 1.64. The second-order valence-corrected chi connectivity index (χ2v) is 5.02. The van der Waals surface area contributed by atoms with E-state index in [1.807, 2.05) is 6.07 Å². The molecule has 0 radical (unpaired) electrons. The highest BCUT2D eigenvalue weighted by Gasteiger charge is 2.06. The Morgan fingerprint density at radius 2 is 2.18 bits per heavy atom. The third-order valence-electron chi connectivity index (χ3n) is 1.84. The number of pyridine rings is 1. The SMILES string of the molecule is Cn1[nH]c(=O)c(=O)nc1Sc1ccc(Br)cn1. The van der Waals surface area contributed by atoms with Gasteiger partial charge < -0.3 is 0 Å². The number of hydrogen-bond donors (Lipinski definition) is 1. The van der Waals surface area contributed by atoms with Gasteiger partial charge in [-0.15, -0.1) is 0 Å². The van der Waals surface area contributed by atoms with Gasteiger partial charge in [0, 0.05) is 17.7 Å². The van der Waals surface area contributed by atoms with Gasteiger partial charge in [0.05, 0.1) is 0 Å². The number of aryl methyl sites for hydroxylation is 1. The van der Waals surface area contributed by atoms with Crippen LogP contribution >= 0.6 is 27.7 Å². The highest BCUT2D eigenvalue weighted by molar-refractivity contribution is 9.10. The fraction of sp³-hybridized carbons (Fsp3) is 0.111. The lowest BCUT2D eigenvalue weighted by atomic mass is 10.5. The van der Waals surface area contributed by atoms with Crippen molar-refractivity contribution in [2.75, 3.05) is 0 Å². The minimum atomic E-state index is -0.803. The summed E-state index contributed by atoms with van der Waals surface area (Å²) < 4.78 is 2.25. The average molecular weight is 315 g/mol. The summed E-state index contributed by atoms with van der Waals surface area (Å²) in [5.74, 6) is 0. The van der Waals surface area contributed by atoms with E-state index in [1.54, 1.807) is 19.3 Å². The van der Waals surface area contributed by atoms with Gasteiger partial charge in [-0.2, -0.15) is 4.98 Å². The Labute approximate surface area is 108 Å². The van der Waals surface area contributed by atoms with Crippen molar-refractivity contribution in [1.29, 1.82) is 0 Å². The Morgan fingerprint density at radius 3 is 2.82 bits per heavy atom. The molecule has 0 saturated heterocycles. The molecule has 0 atom stereocenters. The molecule has 8 heteroatoms. The Morgan fingerprint density at radius 1 is 1.41 bits per heavy atom. The second kappa shape index (κ2) is 4.84. The van der Waals surface area contributed by atoms with Gasteiger partial charge in [-0.1, -0.05) is 0 Å². The molecule has 0 unspecified atom stereocenters. The average Bonchev–Trinajstić information content (AvgIpc) is 2.29. The first-order valence-corrected chi connectivity index (χ1v) is 6.14. The van der Waals surface area contributed by atoms with Gasteiger partial charge in [-0.25, -0.2) is 4.98 Å². The predicted octanol–water partition coefficient (Wildman–Crippen LogP) is 0.777. The van der Waals surface area contributed by atoms with Crippen molar-refractivity contribution < 1.29 is 0 Å². The topological polar surface area (TPSA) is 80.6 Å². The van der Waals surface area contributed by atoms with Crippen LogP contribution in [0.5, 0.6) is 0 Å².